The minimum Gasteiger partial charge on any atom is -0.478 e. The number of nitrogens with zero attached hydrogens (tertiary/aromatic N) is 6. The molecule has 0 spiro atoms. The molecule has 55 heavy (non-hydrogen) atoms. The Morgan fingerprint density at radius 3 is 1.09 bits per heavy atom. The van der Waals surface area contributed by atoms with Crippen molar-refractivity contribution in [3.05, 3.63) is 176 Å². The first-order chi connectivity index (χ1) is 26.5. The Morgan fingerprint density at radius 2 is 0.800 bits per heavy atom. The number of benzene rings is 2. The van der Waals surface area contributed by atoms with Crippen LogP contribution in [0.4, 0.5) is 0 Å². The van der Waals surface area contributed by atoms with Gasteiger partial charge in [0.2, 0.25) is 0 Å². The molecule has 0 unspecified atom stereocenters. The summed E-state index contributed by atoms with van der Waals surface area (Å²) in [6.07, 6.45) is 6.95. The smallest absolute Gasteiger partial charge is 0.335 e. The van der Waals surface area contributed by atoms with Crippen molar-refractivity contribution < 1.29 is 36.2 Å². The van der Waals surface area contributed by atoms with Crippen molar-refractivity contribution in [2.75, 3.05) is 0 Å². The van der Waals surface area contributed by atoms with Crippen molar-refractivity contribution in [3.8, 4) is 73.6 Å². The summed E-state index contributed by atoms with van der Waals surface area (Å²) < 4.78 is 4.87. The van der Waals surface area contributed by atoms with Crippen LogP contribution in [0, 0.1) is 0 Å². The van der Waals surface area contributed by atoms with Gasteiger partial charge in [-0.3, -0.25) is 24.7 Å². The standard InChI is InChI=1S/2C22H15N3O2.Co/c26-15-27-18-9-7-16(8-10-18)17-13-21(19-5-1-3-11-23-19)25-22(14-17)20-6-2-4-12-24-20;26-22(27)16-9-7-15(8-10-16)17-13-20(18-5-1-3-11-23-18)25-21(14-17)19-6-2-4-12-24-19;/h1-15H;1-14H,(H,26,27);. The fourth-order valence-electron chi connectivity index (χ4n) is 5.56. The molecule has 0 aliphatic carbocycles. The first kappa shape index (κ1) is 37.5. The summed E-state index contributed by atoms with van der Waals surface area (Å²) in [5.74, 6) is -0.447. The van der Waals surface area contributed by atoms with Crippen molar-refractivity contribution in [2.24, 2.45) is 0 Å². The third-order valence-corrected chi connectivity index (χ3v) is 8.20. The molecule has 1 N–H and O–H groups in total. The molecule has 0 saturated carbocycles. The topological polar surface area (TPSA) is 141 Å². The second kappa shape index (κ2) is 18.0. The van der Waals surface area contributed by atoms with E-state index in [1.54, 1.807) is 61.2 Å². The maximum Gasteiger partial charge on any atom is 0.335 e. The molecule has 0 saturated heterocycles. The number of hydrogen-bond donors (Lipinski definition) is 1. The summed E-state index contributed by atoms with van der Waals surface area (Å²) in [6.45, 7) is 0.416. The van der Waals surface area contributed by atoms with Crippen molar-refractivity contribution in [2.45, 2.75) is 0 Å². The molecule has 1 radical (unpaired) electrons. The third-order valence-electron chi connectivity index (χ3n) is 8.20. The van der Waals surface area contributed by atoms with Crippen LogP contribution < -0.4 is 4.74 Å². The van der Waals surface area contributed by atoms with Crippen LogP contribution >= 0.6 is 0 Å². The zero-order valence-corrected chi connectivity index (χ0v) is 30.0. The zero-order chi connectivity index (χ0) is 37.1. The number of carboxylic acid groups (broad SMARTS) is 1. The normalized spacial score (nSPS) is 10.3. The summed E-state index contributed by atoms with van der Waals surface area (Å²) in [5.41, 5.74) is 10.1. The Labute approximate surface area is 326 Å². The van der Waals surface area contributed by atoms with Crippen LogP contribution in [-0.2, 0) is 21.6 Å². The van der Waals surface area contributed by atoms with Gasteiger partial charge in [0.15, 0.2) is 0 Å². The molecule has 0 aliphatic heterocycles. The van der Waals surface area contributed by atoms with E-state index in [0.717, 1.165) is 67.8 Å². The fourth-order valence-corrected chi connectivity index (χ4v) is 5.56. The summed E-state index contributed by atoms with van der Waals surface area (Å²) in [7, 11) is 0. The van der Waals surface area contributed by atoms with Crippen molar-refractivity contribution in [1.82, 2.24) is 29.9 Å². The Bertz CT molecular complexity index is 2380. The molecule has 0 amide bonds. The first-order valence-electron chi connectivity index (χ1n) is 16.8. The quantitative estimate of drug-likeness (QED) is 0.142. The predicted molar refractivity (Wildman–Crippen MR) is 206 cm³/mol. The van der Waals surface area contributed by atoms with Crippen LogP contribution in [0.15, 0.2) is 170 Å². The number of carbonyl (C=O) groups is 2. The molecule has 0 aliphatic rings. The van der Waals surface area contributed by atoms with Crippen LogP contribution in [0.1, 0.15) is 10.4 Å². The Hall–Kier alpha value is -7.21. The number of pyridine rings is 6. The molecule has 8 aromatic rings. The van der Waals surface area contributed by atoms with E-state index >= 15 is 0 Å². The molecule has 11 heteroatoms. The van der Waals surface area contributed by atoms with Crippen LogP contribution in [0.3, 0.4) is 0 Å². The van der Waals surface area contributed by atoms with Crippen LogP contribution in [0.5, 0.6) is 5.75 Å². The molecule has 0 bridgehead atoms. The third kappa shape index (κ3) is 9.42. The zero-order valence-electron chi connectivity index (χ0n) is 28.9. The van der Waals surface area contributed by atoms with E-state index in [1.165, 1.54) is 0 Å². The Kier molecular flexibility index (Phi) is 12.3. The minimum atomic E-state index is -0.945. The predicted octanol–water partition coefficient (Wildman–Crippen LogP) is 8.98. The maximum atomic E-state index is 11.1. The van der Waals surface area contributed by atoms with Gasteiger partial charge in [0.1, 0.15) is 5.75 Å². The number of carboxylic acids is 1. The largest absolute Gasteiger partial charge is 0.478 e. The van der Waals surface area contributed by atoms with E-state index in [9.17, 15) is 9.59 Å². The number of rotatable bonds is 9. The van der Waals surface area contributed by atoms with Crippen molar-refractivity contribution in [3.63, 3.8) is 0 Å². The fraction of sp³-hybridized carbons (Fsp3) is 0. The molecule has 2 aromatic carbocycles. The SMILES string of the molecule is O=C(O)c1ccc(-c2cc(-c3ccccn3)nc(-c3ccccn3)c2)cc1.O=COc1ccc(-c2cc(-c3ccccn3)nc(-c3ccccn3)c2)cc1.[Co]. The molecule has 10 nitrogen and oxygen atoms in total. The van der Waals surface area contributed by atoms with E-state index in [-0.39, 0.29) is 22.3 Å². The molecular formula is C44H30CoN6O4. The van der Waals surface area contributed by atoms with Gasteiger partial charge in [0.05, 0.1) is 51.1 Å². The molecule has 269 valence electrons. The summed E-state index contributed by atoms with van der Waals surface area (Å²) in [4.78, 5) is 48.7. The van der Waals surface area contributed by atoms with Gasteiger partial charge in [-0.25, -0.2) is 14.8 Å². The van der Waals surface area contributed by atoms with E-state index in [0.29, 0.717) is 12.2 Å². The van der Waals surface area contributed by atoms with Crippen molar-refractivity contribution in [1.29, 1.82) is 0 Å². The van der Waals surface area contributed by atoms with Gasteiger partial charge in [-0.15, -0.1) is 0 Å². The molecular weight excluding hydrogens is 735 g/mol. The number of ether oxygens (including phenoxy) is 1. The van der Waals surface area contributed by atoms with Gasteiger partial charge in [-0.1, -0.05) is 48.5 Å². The molecule has 8 rings (SSSR count). The number of carbonyl (C=O) groups excluding carboxylic acids is 1. The molecule has 0 atom stereocenters. The minimum absolute atomic E-state index is 0. The van der Waals surface area contributed by atoms with E-state index in [4.69, 9.17) is 19.8 Å². The Balaban J connectivity index is 0.000000184. The van der Waals surface area contributed by atoms with Crippen LogP contribution in [-0.4, -0.2) is 47.5 Å². The van der Waals surface area contributed by atoms with Crippen LogP contribution in [0.2, 0.25) is 0 Å². The second-order valence-electron chi connectivity index (χ2n) is 11.7. The van der Waals surface area contributed by atoms with Gasteiger partial charge in [-0.05, 0) is 119 Å². The van der Waals surface area contributed by atoms with E-state index in [1.807, 2.05) is 109 Å². The average molecular weight is 766 g/mol. The van der Waals surface area contributed by atoms with Crippen molar-refractivity contribution >= 4 is 12.4 Å². The maximum absolute atomic E-state index is 11.1. The molecule has 0 fully saturated rings. The second-order valence-corrected chi connectivity index (χ2v) is 11.7. The molecule has 6 aromatic heterocycles. The van der Waals surface area contributed by atoms with E-state index < -0.39 is 5.97 Å². The number of aromatic carboxylic acids is 1. The molecule has 6 heterocycles. The van der Waals surface area contributed by atoms with Gasteiger partial charge in [-0.2, -0.15) is 0 Å². The average Bonchev–Trinajstić information content (AvgIpc) is 3.25. The first-order valence-corrected chi connectivity index (χ1v) is 16.8. The number of hydrogen-bond acceptors (Lipinski definition) is 9. The number of aromatic nitrogens is 6. The van der Waals surface area contributed by atoms with Gasteiger partial charge >= 0.3 is 5.97 Å². The van der Waals surface area contributed by atoms with Crippen LogP contribution in [0.25, 0.3) is 67.8 Å². The summed E-state index contributed by atoms with van der Waals surface area (Å²) in [6, 6.07) is 44.8. The van der Waals surface area contributed by atoms with E-state index in [2.05, 4.69) is 19.9 Å². The monoisotopic (exact) mass is 765 g/mol. The van der Waals surface area contributed by atoms with Gasteiger partial charge < -0.3 is 9.84 Å². The van der Waals surface area contributed by atoms with Gasteiger partial charge in [0.25, 0.3) is 6.47 Å². The summed E-state index contributed by atoms with van der Waals surface area (Å²) >= 11 is 0. The Morgan fingerprint density at radius 1 is 0.455 bits per heavy atom. The van der Waals surface area contributed by atoms with Gasteiger partial charge in [0, 0.05) is 41.6 Å². The summed E-state index contributed by atoms with van der Waals surface area (Å²) in [5, 5.41) is 9.11.